The van der Waals surface area contributed by atoms with Crippen molar-refractivity contribution in [2.24, 2.45) is 5.92 Å². The maximum absolute atomic E-state index is 13.4. The van der Waals surface area contributed by atoms with Gasteiger partial charge in [0.2, 0.25) is 10.0 Å². The first-order valence-corrected chi connectivity index (χ1v) is 15.9. The van der Waals surface area contributed by atoms with Gasteiger partial charge in [0.1, 0.15) is 12.6 Å². The Hall–Kier alpha value is -3.69. The minimum absolute atomic E-state index is 0.0129. The number of unbranched alkanes of at least 4 members (excludes halogenated alkanes) is 2. The highest BCUT2D eigenvalue weighted by Crippen LogP contribution is 2.44. The van der Waals surface area contributed by atoms with Crippen molar-refractivity contribution in [3.8, 4) is 11.1 Å². The number of benzene rings is 3. The Morgan fingerprint density at radius 1 is 0.905 bits per heavy atom. The number of carboxylic acid groups (broad SMARTS) is 1. The first-order chi connectivity index (χ1) is 20.1. The summed E-state index contributed by atoms with van der Waals surface area (Å²) in [5.74, 6) is -1.22. The summed E-state index contributed by atoms with van der Waals surface area (Å²) in [6, 6.07) is 21.6. The molecule has 0 heterocycles. The van der Waals surface area contributed by atoms with E-state index in [4.69, 9.17) is 4.74 Å². The second-order valence-electron chi connectivity index (χ2n) is 11.2. The third-order valence-corrected chi connectivity index (χ3v) is 9.46. The molecule has 0 saturated carbocycles. The number of nitrogens with one attached hydrogen (secondary N) is 1. The van der Waals surface area contributed by atoms with E-state index in [2.05, 4.69) is 29.6 Å². The van der Waals surface area contributed by atoms with Gasteiger partial charge in [-0.2, -0.15) is 4.31 Å². The van der Waals surface area contributed by atoms with E-state index in [1.807, 2.05) is 45.0 Å². The number of ether oxygens (including phenoxy) is 1. The average molecular weight is 593 g/mol. The Morgan fingerprint density at radius 2 is 1.50 bits per heavy atom. The lowest BCUT2D eigenvalue weighted by Crippen LogP contribution is -2.46. The lowest BCUT2D eigenvalue weighted by molar-refractivity contribution is -0.141. The van der Waals surface area contributed by atoms with Crippen LogP contribution < -0.4 is 5.32 Å². The van der Waals surface area contributed by atoms with Crippen molar-refractivity contribution in [1.82, 2.24) is 9.62 Å². The third-order valence-electron chi connectivity index (χ3n) is 7.57. The predicted octanol–water partition coefficient (Wildman–Crippen LogP) is 6.19. The van der Waals surface area contributed by atoms with E-state index in [0.717, 1.165) is 21.0 Å². The zero-order valence-corrected chi connectivity index (χ0v) is 25.3. The molecule has 4 rings (SSSR count). The van der Waals surface area contributed by atoms with Crippen molar-refractivity contribution >= 4 is 22.1 Å². The van der Waals surface area contributed by atoms with E-state index in [1.165, 1.54) is 23.3 Å². The van der Waals surface area contributed by atoms with Crippen LogP contribution in [0.3, 0.4) is 0 Å². The SMILES string of the molecule is Cc1ccc(S(=O)(=O)N(CC(C)C)[C@@H](CCCCCNC(=O)OCC2c3ccccc3-c3ccccc32)C(=O)O)cc1. The number of hydrogen-bond acceptors (Lipinski definition) is 5. The van der Waals surface area contributed by atoms with Crippen molar-refractivity contribution < 1.29 is 27.9 Å². The predicted molar refractivity (Wildman–Crippen MR) is 163 cm³/mol. The normalized spacial score (nSPS) is 13.5. The lowest BCUT2D eigenvalue weighted by atomic mass is 9.98. The minimum Gasteiger partial charge on any atom is -0.480 e. The molecule has 3 aromatic rings. The van der Waals surface area contributed by atoms with Gasteiger partial charge in [-0.1, -0.05) is 92.9 Å². The zero-order chi connectivity index (χ0) is 30.3. The zero-order valence-electron chi connectivity index (χ0n) is 24.5. The number of carbonyl (C=O) groups is 2. The molecule has 42 heavy (non-hydrogen) atoms. The Balaban J connectivity index is 1.25. The van der Waals surface area contributed by atoms with Crippen LogP contribution in [0.2, 0.25) is 0 Å². The molecular weight excluding hydrogens is 552 g/mol. The van der Waals surface area contributed by atoms with Gasteiger partial charge in [0.25, 0.3) is 0 Å². The number of carboxylic acids is 1. The van der Waals surface area contributed by atoms with Gasteiger partial charge in [0.15, 0.2) is 0 Å². The number of amides is 1. The maximum Gasteiger partial charge on any atom is 0.407 e. The number of aryl methyl sites for hydroxylation is 1. The summed E-state index contributed by atoms with van der Waals surface area (Å²) in [7, 11) is -3.99. The molecule has 3 aromatic carbocycles. The number of alkyl carbamates (subject to hydrolysis) is 1. The fraction of sp³-hybridized carbons (Fsp3) is 0.394. The van der Waals surface area contributed by atoms with Crippen molar-refractivity contribution in [1.29, 1.82) is 0 Å². The molecule has 0 spiro atoms. The van der Waals surface area contributed by atoms with Crippen LogP contribution in [0.25, 0.3) is 11.1 Å². The molecule has 2 N–H and O–H groups in total. The highest BCUT2D eigenvalue weighted by atomic mass is 32.2. The van der Waals surface area contributed by atoms with Crippen LogP contribution in [0.15, 0.2) is 77.7 Å². The van der Waals surface area contributed by atoms with Gasteiger partial charge >= 0.3 is 12.1 Å². The molecule has 8 nitrogen and oxygen atoms in total. The molecule has 0 unspecified atom stereocenters. The number of fused-ring (bicyclic) bond motifs is 3. The summed E-state index contributed by atoms with van der Waals surface area (Å²) in [6.45, 7) is 6.32. The third kappa shape index (κ3) is 7.38. The summed E-state index contributed by atoms with van der Waals surface area (Å²) in [4.78, 5) is 24.7. The van der Waals surface area contributed by atoms with E-state index in [9.17, 15) is 23.1 Å². The topological polar surface area (TPSA) is 113 Å². The molecule has 0 radical (unpaired) electrons. The Labute approximate surface area is 248 Å². The van der Waals surface area contributed by atoms with Gasteiger partial charge in [-0.3, -0.25) is 4.79 Å². The van der Waals surface area contributed by atoms with E-state index < -0.39 is 28.1 Å². The van der Waals surface area contributed by atoms with Gasteiger partial charge in [0, 0.05) is 19.0 Å². The Bertz CT molecular complexity index is 1440. The first-order valence-electron chi connectivity index (χ1n) is 14.5. The smallest absolute Gasteiger partial charge is 0.407 e. The standard InChI is InChI=1S/C33H40N2O6S/c1-23(2)21-35(42(39,40)25-18-16-24(3)17-19-25)31(32(36)37)15-5-4-10-20-34-33(38)41-22-30-28-13-8-6-11-26(28)27-12-7-9-14-29(27)30/h6-9,11-14,16-19,23,30-31H,4-5,10,15,20-22H2,1-3H3,(H,34,38)(H,36,37)/t31-/m0/s1. The van der Waals surface area contributed by atoms with Crippen molar-refractivity contribution in [2.75, 3.05) is 19.7 Å². The van der Waals surface area contributed by atoms with Gasteiger partial charge in [-0.25, -0.2) is 13.2 Å². The number of sulfonamides is 1. The van der Waals surface area contributed by atoms with Gasteiger partial charge in [-0.05, 0) is 60.1 Å². The quantitative estimate of drug-likeness (QED) is 0.216. The molecule has 1 aliphatic carbocycles. The number of rotatable bonds is 14. The van der Waals surface area contributed by atoms with Crippen LogP contribution in [0, 0.1) is 12.8 Å². The van der Waals surface area contributed by atoms with Gasteiger partial charge < -0.3 is 15.2 Å². The lowest BCUT2D eigenvalue weighted by Gasteiger charge is -2.29. The monoisotopic (exact) mass is 592 g/mol. The molecule has 9 heteroatoms. The van der Waals surface area contributed by atoms with Crippen molar-refractivity contribution in [3.05, 3.63) is 89.5 Å². The molecule has 1 atom stereocenters. The Morgan fingerprint density at radius 3 is 2.07 bits per heavy atom. The second kappa shape index (κ2) is 14.0. The fourth-order valence-corrected chi connectivity index (χ4v) is 7.24. The molecular formula is C33H40N2O6S. The average Bonchev–Trinajstić information content (AvgIpc) is 3.28. The molecule has 0 bridgehead atoms. The number of carbonyl (C=O) groups excluding carboxylic acids is 1. The Kier molecular flexibility index (Phi) is 10.4. The van der Waals surface area contributed by atoms with Crippen molar-refractivity contribution in [3.63, 3.8) is 0 Å². The summed E-state index contributed by atoms with van der Waals surface area (Å²) < 4.78 is 33.6. The number of nitrogens with zero attached hydrogens (tertiary/aromatic N) is 1. The largest absolute Gasteiger partial charge is 0.480 e. The molecule has 224 valence electrons. The molecule has 0 fully saturated rings. The second-order valence-corrected chi connectivity index (χ2v) is 13.1. The van der Waals surface area contributed by atoms with Crippen molar-refractivity contribution in [2.45, 2.75) is 63.3 Å². The molecule has 0 saturated heterocycles. The highest BCUT2D eigenvalue weighted by Gasteiger charge is 2.36. The highest BCUT2D eigenvalue weighted by molar-refractivity contribution is 7.89. The van der Waals surface area contributed by atoms with E-state index in [-0.39, 0.29) is 36.3 Å². The maximum atomic E-state index is 13.4. The van der Waals surface area contributed by atoms with E-state index in [0.29, 0.717) is 25.8 Å². The van der Waals surface area contributed by atoms with E-state index >= 15 is 0 Å². The van der Waals surface area contributed by atoms with Crippen LogP contribution in [0.5, 0.6) is 0 Å². The minimum atomic E-state index is -3.99. The number of hydrogen-bond donors (Lipinski definition) is 2. The summed E-state index contributed by atoms with van der Waals surface area (Å²) in [5.41, 5.74) is 5.55. The summed E-state index contributed by atoms with van der Waals surface area (Å²) in [5, 5.41) is 12.8. The van der Waals surface area contributed by atoms with Crippen LogP contribution in [-0.2, 0) is 19.6 Å². The summed E-state index contributed by atoms with van der Waals surface area (Å²) >= 11 is 0. The molecule has 0 aliphatic heterocycles. The summed E-state index contributed by atoms with van der Waals surface area (Å²) in [6.07, 6.45) is 1.44. The first kappa shape index (κ1) is 31.3. The van der Waals surface area contributed by atoms with Crippen LogP contribution in [0.1, 0.15) is 62.1 Å². The van der Waals surface area contributed by atoms with Crippen LogP contribution in [-0.4, -0.2) is 55.6 Å². The molecule has 0 aromatic heterocycles. The molecule has 1 aliphatic rings. The number of aliphatic carboxylic acids is 1. The van der Waals surface area contributed by atoms with Crippen LogP contribution in [0.4, 0.5) is 4.79 Å². The molecule has 1 amide bonds. The fourth-order valence-electron chi connectivity index (χ4n) is 5.47. The van der Waals surface area contributed by atoms with Gasteiger partial charge in [0.05, 0.1) is 4.90 Å². The van der Waals surface area contributed by atoms with E-state index in [1.54, 1.807) is 12.1 Å². The van der Waals surface area contributed by atoms with Crippen LogP contribution >= 0.6 is 0 Å². The van der Waals surface area contributed by atoms with Gasteiger partial charge in [-0.15, -0.1) is 0 Å².